The van der Waals surface area contributed by atoms with Gasteiger partial charge in [-0.25, -0.2) is 0 Å². The first-order valence-corrected chi connectivity index (χ1v) is 7.54. The Morgan fingerprint density at radius 3 is 2.61 bits per heavy atom. The van der Waals surface area contributed by atoms with Crippen molar-refractivity contribution in [2.24, 2.45) is 0 Å². The largest absolute Gasteiger partial charge is 0.329 e. The summed E-state index contributed by atoms with van der Waals surface area (Å²) in [4.78, 5) is 29.0. The number of carbonyl (C=O) groups is 1. The van der Waals surface area contributed by atoms with Gasteiger partial charge in [-0.05, 0) is 43.5 Å². The number of carbonyl (C=O) groups excluding carboxylic acids is 1. The number of aryl methyl sites for hydroxylation is 2. The zero-order valence-corrected chi connectivity index (χ0v) is 13.8. The third-order valence-corrected chi connectivity index (χ3v) is 3.69. The molecule has 0 aliphatic heterocycles. The van der Waals surface area contributed by atoms with E-state index in [1.165, 1.54) is 6.33 Å². The lowest BCUT2D eigenvalue weighted by Crippen LogP contribution is -2.26. The molecule has 1 aromatic heterocycles. The average molecular weight is 309 g/mol. The Morgan fingerprint density at radius 2 is 2.04 bits per heavy atom. The van der Waals surface area contributed by atoms with E-state index in [-0.39, 0.29) is 17.3 Å². The van der Waals surface area contributed by atoms with Crippen LogP contribution in [0.4, 0.5) is 0 Å². The molecule has 0 N–H and O–H groups in total. The Bertz CT molecular complexity index is 858. The molecule has 0 aliphatic rings. The second-order valence-corrected chi connectivity index (χ2v) is 5.78. The lowest BCUT2D eigenvalue weighted by molar-refractivity contribution is 0.102. The maximum atomic E-state index is 13.0. The molecule has 118 valence electrons. The predicted molar refractivity (Wildman–Crippen MR) is 87.6 cm³/mol. The molecule has 23 heavy (non-hydrogen) atoms. The van der Waals surface area contributed by atoms with Crippen LogP contribution in [-0.4, -0.2) is 15.3 Å². The van der Waals surface area contributed by atoms with Crippen LogP contribution >= 0.6 is 0 Å². The van der Waals surface area contributed by atoms with Crippen molar-refractivity contribution in [3.8, 4) is 6.07 Å². The fourth-order valence-corrected chi connectivity index (χ4v) is 2.63. The molecule has 0 fully saturated rings. The molecule has 0 unspecified atom stereocenters. The van der Waals surface area contributed by atoms with Crippen LogP contribution in [0.5, 0.6) is 0 Å². The third-order valence-electron chi connectivity index (χ3n) is 3.69. The number of benzene rings is 1. The van der Waals surface area contributed by atoms with Crippen molar-refractivity contribution in [3.63, 3.8) is 0 Å². The van der Waals surface area contributed by atoms with Gasteiger partial charge in [-0.3, -0.25) is 9.59 Å². The SMILES string of the molecule is CCn1cnc(=O)c(C(C)C)c1C(=O)c1cc(C)cc(C#N)c1. The molecule has 1 heterocycles. The molecule has 0 spiro atoms. The highest BCUT2D eigenvalue weighted by Gasteiger charge is 2.22. The van der Waals surface area contributed by atoms with Crippen molar-refractivity contribution in [3.05, 3.63) is 62.8 Å². The molecule has 0 saturated heterocycles. The number of nitrogens with zero attached hydrogens (tertiary/aromatic N) is 3. The molecule has 0 saturated carbocycles. The number of hydrogen-bond acceptors (Lipinski definition) is 4. The quantitative estimate of drug-likeness (QED) is 0.814. The van der Waals surface area contributed by atoms with Crippen LogP contribution in [0.15, 0.2) is 29.3 Å². The van der Waals surface area contributed by atoms with Crippen LogP contribution in [0.1, 0.15) is 59.4 Å². The molecule has 0 aliphatic carbocycles. The summed E-state index contributed by atoms with van der Waals surface area (Å²) in [6.45, 7) is 7.99. The van der Waals surface area contributed by atoms with E-state index in [1.807, 2.05) is 27.7 Å². The monoisotopic (exact) mass is 309 g/mol. The zero-order chi connectivity index (χ0) is 17.1. The van der Waals surface area contributed by atoms with Gasteiger partial charge in [0.2, 0.25) is 5.78 Å². The molecule has 0 atom stereocenters. The maximum Gasteiger partial charge on any atom is 0.276 e. The molecule has 2 aromatic rings. The van der Waals surface area contributed by atoms with Crippen molar-refractivity contribution in [2.75, 3.05) is 0 Å². The summed E-state index contributed by atoms with van der Waals surface area (Å²) in [5.74, 6) is -0.372. The fraction of sp³-hybridized carbons (Fsp3) is 0.333. The van der Waals surface area contributed by atoms with Crippen LogP contribution < -0.4 is 5.56 Å². The minimum Gasteiger partial charge on any atom is -0.329 e. The van der Waals surface area contributed by atoms with Crippen molar-refractivity contribution >= 4 is 5.78 Å². The fourth-order valence-electron chi connectivity index (χ4n) is 2.63. The van der Waals surface area contributed by atoms with Gasteiger partial charge in [0.25, 0.3) is 5.56 Å². The van der Waals surface area contributed by atoms with Crippen molar-refractivity contribution in [2.45, 2.75) is 40.2 Å². The van der Waals surface area contributed by atoms with Crippen LogP contribution in [-0.2, 0) is 6.54 Å². The smallest absolute Gasteiger partial charge is 0.276 e. The molecule has 0 bridgehead atoms. The first kappa shape index (κ1) is 16.6. The predicted octanol–water partition coefficient (Wildman–Crippen LogP) is 2.80. The summed E-state index contributed by atoms with van der Waals surface area (Å²) in [5.41, 5.74) is 2.07. The van der Waals surface area contributed by atoms with Gasteiger partial charge in [-0.2, -0.15) is 10.2 Å². The molecule has 0 amide bonds. The lowest BCUT2D eigenvalue weighted by atomic mass is 9.95. The molecular formula is C18H19N3O2. The number of rotatable bonds is 4. The standard InChI is InChI=1S/C18H19N3O2/c1-5-21-10-20-18(23)15(11(2)3)16(21)17(22)14-7-12(4)6-13(8-14)9-19/h6-8,10-11H,5H2,1-4H3. The Morgan fingerprint density at radius 1 is 1.35 bits per heavy atom. The van der Waals surface area contributed by atoms with Gasteiger partial charge in [0.15, 0.2) is 0 Å². The Balaban J connectivity index is 2.73. The lowest BCUT2D eigenvalue weighted by Gasteiger charge is -2.16. The van der Waals surface area contributed by atoms with E-state index >= 15 is 0 Å². The minimum atomic E-state index is -0.374. The van der Waals surface area contributed by atoms with E-state index in [0.717, 1.165) is 5.56 Å². The Kier molecular flexibility index (Phi) is 4.75. The Hall–Kier alpha value is -2.74. The zero-order valence-electron chi connectivity index (χ0n) is 13.8. The van der Waals surface area contributed by atoms with Crippen molar-refractivity contribution in [1.29, 1.82) is 5.26 Å². The molecule has 2 rings (SSSR count). The van der Waals surface area contributed by atoms with E-state index in [2.05, 4.69) is 11.1 Å². The topological polar surface area (TPSA) is 75.8 Å². The summed E-state index contributed by atoms with van der Waals surface area (Å²) < 4.78 is 1.69. The molecular weight excluding hydrogens is 290 g/mol. The van der Waals surface area contributed by atoms with Crippen LogP contribution in [0.2, 0.25) is 0 Å². The second-order valence-electron chi connectivity index (χ2n) is 5.78. The number of hydrogen-bond donors (Lipinski definition) is 0. The van der Waals surface area contributed by atoms with Gasteiger partial charge in [0.1, 0.15) is 0 Å². The average Bonchev–Trinajstić information content (AvgIpc) is 2.52. The molecule has 0 radical (unpaired) electrons. The summed E-state index contributed by atoms with van der Waals surface area (Å²) in [5, 5.41) is 9.10. The highest BCUT2D eigenvalue weighted by molar-refractivity contribution is 6.09. The van der Waals surface area contributed by atoms with Crippen molar-refractivity contribution < 1.29 is 4.79 Å². The first-order valence-electron chi connectivity index (χ1n) is 7.54. The second kappa shape index (κ2) is 6.57. The number of aromatic nitrogens is 2. The van der Waals surface area contributed by atoms with Crippen LogP contribution in [0.3, 0.4) is 0 Å². The van der Waals surface area contributed by atoms with E-state index in [1.54, 1.807) is 22.8 Å². The third kappa shape index (κ3) is 3.21. The highest BCUT2D eigenvalue weighted by Crippen LogP contribution is 2.20. The van der Waals surface area contributed by atoms with Gasteiger partial charge >= 0.3 is 0 Å². The van der Waals surface area contributed by atoms with Crippen LogP contribution in [0, 0.1) is 18.3 Å². The minimum absolute atomic E-state index is 0.117. The summed E-state index contributed by atoms with van der Waals surface area (Å²) in [7, 11) is 0. The number of ketones is 1. The van der Waals surface area contributed by atoms with E-state index < -0.39 is 0 Å². The normalized spacial score (nSPS) is 10.6. The number of nitriles is 1. The summed E-state index contributed by atoms with van der Waals surface area (Å²) in [6, 6.07) is 7.07. The van der Waals surface area contributed by atoms with Gasteiger partial charge in [0.05, 0.1) is 23.7 Å². The molecule has 5 heteroatoms. The summed E-state index contributed by atoms with van der Waals surface area (Å²) >= 11 is 0. The van der Waals surface area contributed by atoms with Gasteiger partial charge < -0.3 is 4.57 Å². The first-order chi connectivity index (χ1) is 10.9. The highest BCUT2D eigenvalue weighted by atomic mass is 16.1. The van der Waals surface area contributed by atoms with E-state index in [4.69, 9.17) is 5.26 Å². The Labute approximate surface area is 135 Å². The van der Waals surface area contributed by atoms with E-state index in [0.29, 0.717) is 28.9 Å². The summed E-state index contributed by atoms with van der Waals surface area (Å²) in [6.07, 6.45) is 1.41. The van der Waals surface area contributed by atoms with Gasteiger partial charge in [-0.15, -0.1) is 0 Å². The van der Waals surface area contributed by atoms with Gasteiger partial charge in [-0.1, -0.05) is 13.8 Å². The van der Waals surface area contributed by atoms with Gasteiger partial charge in [0, 0.05) is 17.7 Å². The maximum absolute atomic E-state index is 13.0. The van der Waals surface area contributed by atoms with Crippen molar-refractivity contribution in [1.82, 2.24) is 9.55 Å². The molecule has 1 aromatic carbocycles. The van der Waals surface area contributed by atoms with Crippen LogP contribution in [0.25, 0.3) is 0 Å². The molecule has 5 nitrogen and oxygen atoms in total. The van der Waals surface area contributed by atoms with E-state index in [9.17, 15) is 9.59 Å².